The Bertz CT molecular complexity index is 845. The van der Waals surface area contributed by atoms with Crippen LogP contribution in [0, 0.1) is 6.92 Å². The summed E-state index contributed by atoms with van der Waals surface area (Å²) in [5.41, 5.74) is 0. The molecule has 0 atom stereocenters. The molecular formula is C18H24N8. The highest BCUT2D eigenvalue weighted by Crippen LogP contribution is 2.28. The van der Waals surface area contributed by atoms with Gasteiger partial charge >= 0.3 is 0 Å². The zero-order valence-corrected chi connectivity index (χ0v) is 15.3. The number of hydrogen-bond donors (Lipinski definition) is 0. The lowest BCUT2D eigenvalue weighted by Gasteiger charge is -2.31. The minimum absolute atomic E-state index is 0.431. The third-order valence-corrected chi connectivity index (χ3v) is 5.10. The molecule has 26 heavy (non-hydrogen) atoms. The van der Waals surface area contributed by atoms with Crippen LogP contribution in [-0.4, -0.2) is 47.4 Å². The maximum absolute atomic E-state index is 4.55. The Labute approximate surface area is 152 Å². The Morgan fingerprint density at radius 1 is 1.04 bits per heavy atom. The lowest BCUT2D eigenvalue weighted by Crippen LogP contribution is -2.34. The Balaban J connectivity index is 1.48. The highest BCUT2D eigenvalue weighted by molar-refractivity contribution is 5.29. The number of anilines is 1. The second kappa shape index (κ2) is 7.23. The minimum atomic E-state index is 0.431. The summed E-state index contributed by atoms with van der Waals surface area (Å²) >= 11 is 0. The fourth-order valence-electron chi connectivity index (χ4n) is 3.63. The van der Waals surface area contributed by atoms with Gasteiger partial charge in [-0.2, -0.15) is 0 Å². The van der Waals surface area contributed by atoms with E-state index in [0.717, 1.165) is 55.9 Å². The van der Waals surface area contributed by atoms with E-state index >= 15 is 0 Å². The van der Waals surface area contributed by atoms with Crippen molar-refractivity contribution in [3.05, 3.63) is 48.3 Å². The van der Waals surface area contributed by atoms with Crippen molar-refractivity contribution in [2.24, 2.45) is 0 Å². The Morgan fingerprint density at radius 2 is 1.81 bits per heavy atom. The van der Waals surface area contributed by atoms with Gasteiger partial charge in [-0.25, -0.2) is 15.0 Å². The summed E-state index contributed by atoms with van der Waals surface area (Å²) in [7, 11) is 0. The van der Waals surface area contributed by atoms with Gasteiger partial charge in [-0.1, -0.05) is 0 Å². The van der Waals surface area contributed by atoms with Gasteiger partial charge in [0.1, 0.15) is 11.6 Å². The molecule has 0 bridgehead atoms. The molecule has 4 heterocycles. The zero-order valence-electron chi connectivity index (χ0n) is 15.3. The van der Waals surface area contributed by atoms with Gasteiger partial charge in [0.25, 0.3) is 0 Å². The smallest absolute Gasteiger partial charge is 0.225 e. The van der Waals surface area contributed by atoms with Crippen molar-refractivity contribution in [3.8, 4) is 0 Å². The van der Waals surface area contributed by atoms with Gasteiger partial charge in [0.05, 0.1) is 6.54 Å². The molecule has 0 radical (unpaired) electrons. The van der Waals surface area contributed by atoms with Crippen molar-refractivity contribution in [1.29, 1.82) is 0 Å². The Hall–Kier alpha value is -2.77. The largest absolute Gasteiger partial charge is 0.341 e. The second-order valence-corrected chi connectivity index (χ2v) is 6.63. The molecule has 0 N–H and O–H groups in total. The van der Waals surface area contributed by atoms with Gasteiger partial charge in [-0.15, -0.1) is 10.2 Å². The molecule has 1 aliphatic heterocycles. The van der Waals surface area contributed by atoms with E-state index in [2.05, 4.69) is 46.1 Å². The first kappa shape index (κ1) is 16.7. The first-order chi connectivity index (χ1) is 12.8. The van der Waals surface area contributed by atoms with E-state index < -0.39 is 0 Å². The highest BCUT2D eigenvalue weighted by Gasteiger charge is 2.26. The van der Waals surface area contributed by atoms with Gasteiger partial charge in [0.2, 0.25) is 5.95 Å². The van der Waals surface area contributed by atoms with Crippen LogP contribution in [0.5, 0.6) is 0 Å². The van der Waals surface area contributed by atoms with Crippen molar-refractivity contribution in [3.63, 3.8) is 0 Å². The minimum Gasteiger partial charge on any atom is -0.341 e. The molecule has 0 aliphatic carbocycles. The SMILES string of the molecule is CCn1c(Cn2ccnc2C)nnc1C1CCN(c2ncccn2)CC1. The molecule has 1 fully saturated rings. The van der Waals surface area contributed by atoms with E-state index in [1.807, 2.05) is 25.4 Å². The van der Waals surface area contributed by atoms with Crippen LogP contribution in [0.3, 0.4) is 0 Å². The van der Waals surface area contributed by atoms with E-state index in [1.54, 1.807) is 12.4 Å². The monoisotopic (exact) mass is 352 g/mol. The molecule has 0 spiro atoms. The number of imidazole rings is 1. The van der Waals surface area contributed by atoms with Gasteiger partial charge in [-0.05, 0) is 32.8 Å². The lowest BCUT2D eigenvalue weighted by molar-refractivity contribution is 0.459. The number of rotatable bonds is 5. The van der Waals surface area contributed by atoms with Crippen LogP contribution < -0.4 is 4.90 Å². The van der Waals surface area contributed by atoms with Crippen LogP contribution in [-0.2, 0) is 13.1 Å². The molecule has 3 aromatic heterocycles. The predicted molar refractivity (Wildman–Crippen MR) is 98.0 cm³/mol. The summed E-state index contributed by atoms with van der Waals surface area (Å²) in [6.45, 7) is 7.65. The molecule has 1 aliphatic rings. The lowest BCUT2D eigenvalue weighted by atomic mass is 9.96. The zero-order chi connectivity index (χ0) is 17.9. The molecule has 0 amide bonds. The fraction of sp³-hybridized carbons (Fsp3) is 0.500. The van der Waals surface area contributed by atoms with Gasteiger partial charge in [0.15, 0.2) is 5.82 Å². The summed E-state index contributed by atoms with van der Waals surface area (Å²) in [6.07, 6.45) is 9.49. The van der Waals surface area contributed by atoms with E-state index in [-0.39, 0.29) is 0 Å². The fourth-order valence-corrected chi connectivity index (χ4v) is 3.63. The van der Waals surface area contributed by atoms with Crippen LogP contribution >= 0.6 is 0 Å². The maximum atomic E-state index is 4.55. The van der Waals surface area contributed by atoms with Gasteiger partial charge < -0.3 is 14.0 Å². The van der Waals surface area contributed by atoms with Crippen LogP contribution in [0.1, 0.15) is 43.2 Å². The molecule has 4 rings (SSSR count). The van der Waals surface area contributed by atoms with Crippen LogP contribution in [0.25, 0.3) is 0 Å². The molecule has 8 heteroatoms. The average Bonchev–Trinajstić information content (AvgIpc) is 3.29. The standard InChI is InChI=1S/C18H24N8/c1-3-26-16(13-25-12-9-19-14(25)2)22-23-17(26)15-5-10-24(11-6-15)18-20-7-4-8-21-18/h4,7-9,12,15H,3,5-6,10-11,13H2,1-2H3. The summed E-state index contributed by atoms with van der Waals surface area (Å²) in [5, 5.41) is 9.03. The molecule has 0 unspecified atom stereocenters. The average molecular weight is 352 g/mol. The van der Waals surface area contributed by atoms with Crippen LogP contribution in [0.4, 0.5) is 5.95 Å². The quantitative estimate of drug-likeness (QED) is 0.699. The summed E-state index contributed by atoms with van der Waals surface area (Å²) < 4.78 is 4.37. The third kappa shape index (κ3) is 3.18. The normalized spacial score (nSPS) is 15.5. The van der Waals surface area contributed by atoms with E-state index in [1.165, 1.54) is 0 Å². The predicted octanol–water partition coefficient (Wildman–Crippen LogP) is 2.03. The van der Waals surface area contributed by atoms with E-state index in [9.17, 15) is 0 Å². The Kier molecular flexibility index (Phi) is 4.64. The third-order valence-electron chi connectivity index (χ3n) is 5.10. The molecule has 0 saturated carbocycles. The first-order valence-corrected chi connectivity index (χ1v) is 9.18. The first-order valence-electron chi connectivity index (χ1n) is 9.18. The van der Waals surface area contributed by atoms with Crippen LogP contribution in [0.15, 0.2) is 30.9 Å². The molecule has 0 aromatic carbocycles. The summed E-state index contributed by atoms with van der Waals surface area (Å²) in [6, 6.07) is 1.85. The number of aryl methyl sites for hydroxylation is 1. The van der Waals surface area contributed by atoms with Gasteiger partial charge in [0, 0.05) is 50.3 Å². The molecular weight excluding hydrogens is 328 g/mol. The van der Waals surface area contributed by atoms with Crippen molar-refractivity contribution < 1.29 is 0 Å². The molecule has 8 nitrogen and oxygen atoms in total. The second-order valence-electron chi connectivity index (χ2n) is 6.63. The molecule has 1 saturated heterocycles. The summed E-state index contributed by atoms with van der Waals surface area (Å²) in [4.78, 5) is 15.3. The van der Waals surface area contributed by atoms with Crippen molar-refractivity contribution >= 4 is 5.95 Å². The van der Waals surface area contributed by atoms with Crippen molar-refractivity contribution in [1.82, 2.24) is 34.3 Å². The summed E-state index contributed by atoms with van der Waals surface area (Å²) in [5.74, 6) is 4.35. The van der Waals surface area contributed by atoms with E-state index in [4.69, 9.17) is 0 Å². The number of aromatic nitrogens is 7. The molecule has 136 valence electrons. The number of nitrogens with zero attached hydrogens (tertiary/aromatic N) is 8. The van der Waals surface area contributed by atoms with Crippen LogP contribution in [0.2, 0.25) is 0 Å². The van der Waals surface area contributed by atoms with Gasteiger partial charge in [-0.3, -0.25) is 0 Å². The van der Waals surface area contributed by atoms with E-state index in [0.29, 0.717) is 12.5 Å². The molecule has 3 aromatic rings. The van der Waals surface area contributed by atoms with Crippen molar-refractivity contribution in [2.75, 3.05) is 18.0 Å². The maximum Gasteiger partial charge on any atom is 0.225 e. The topological polar surface area (TPSA) is 77.5 Å². The number of hydrogen-bond acceptors (Lipinski definition) is 6. The highest BCUT2D eigenvalue weighted by atomic mass is 15.3. The Morgan fingerprint density at radius 3 is 2.46 bits per heavy atom. The number of piperidine rings is 1. The van der Waals surface area contributed by atoms with Crippen molar-refractivity contribution in [2.45, 2.75) is 45.7 Å².